The van der Waals surface area contributed by atoms with Gasteiger partial charge in [0.05, 0.1) is 46.8 Å². The third-order valence-electron chi connectivity index (χ3n) is 7.20. The molecule has 0 fully saturated rings. The molecule has 1 atom stereocenters. The minimum absolute atomic E-state index is 0.303. The molecule has 1 amide bonds. The molecule has 1 unspecified atom stereocenters. The van der Waals surface area contributed by atoms with E-state index in [1.54, 1.807) is 47.1 Å². The summed E-state index contributed by atoms with van der Waals surface area (Å²) in [6, 6.07) is 8.22. The first-order chi connectivity index (χ1) is 19.4. The van der Waals surface area contributed by atoms with Gasteiger partial charge >= 0.3 is 6.09 Å². The molecule has 9 nitrogen and oxygen atoms in total. The number of hydrogen-bond donors (Lipinski definition) is 2. The highest BCUT2D eigenvalue weighted by atomic mass is 28.4. The zero-order valence-electron chi connectivity index (χ0n) is 26.2. The topological polar surface area (TPSA) is 105 Å². The zero-order valence-corrected chi connectivity index (χ0v) is 27.2. The Morgan fingerprint density at radius 3 is 2.00 bits per heavy atom. The predicted octanol–water partition coefficient (Wildman–Crippen LogP) is 7.48. The van der Waals surface area contributed by atoms with Gasteiger partial charge < -0.3 is 33.2 Å². The normalized spacial score (nSPS) is 12.4. The molecule has 0 aliphatic rings. The lowest BCUT2D eigenvalue weighted by Crippen LogP contribution is -2.35. The van der Waals surface area contributed by atoms with E-state index in [9.17, 15) is 9.90 Å². The fourth-order valence-corrected chi connectivity index (χ4v) is 7.34. The average Bonchev–Trinajstić information content (AvgIpc) is 2.95. The minimum Gasteiger partial charge on any atom is -0.495 e. The van der Waals surface area contributed by atoms with Crippen molar-refractivity contribution in [1.82, 2.24) is 0 Å². The Kier molecular flexibility index (Phi) is 12.1. The van der Waals surface area contributed by atoms with E-state index in [1.165, 1.54) is 20.3 Å². The number of ether oxygens (including phenoxy) is 5. The number of benzene rings is 2. The molecular formula is C31H47NO8Si. The molecule has 2 rings (SSSR count). The SMILES string of the molecule is C=CC(O)c1cc(NC(=O)OC(C)(C)C)c(OC)cc1-c1c(CO[Si](CC)(CC)CC)cc(OC)c(OC)c1OC. The molecule has 2 aromatic carbocycles. The number of carbonyl (C=O) groups is 1. The first-order valence-corrected chi connectivity index (χ1v) is 16.4. The molecule has 0 saturated heterocycles. The van der Waals surface area contributed by atoms with E-state index in [0.29, 0.717) is 52.0 Å². The molecule has 0 heterocycles. The Hall–Kier alpha value is -3.21. The molecule has 0 bridgehead atoms. The van der Waals surface area contributed by atoms with E-state index in [2.05, 4.69) is 32.7 Å². The van der Waals surface area contributed by atoms with Crippen molar-refractivity contribution >= 4 is 20.1 Å². The van der Waals surface area contributed by atoms with Gasteiger partial charge in [-0.2, -0.15) is 0 Å². The Morgan fingerprint density at radius 1 is 0.951 bits per heavy atom. The van der Waals surface area contributed by atoms with Gasteiger partial charge in [0.15, 0.2) is 19.8 Å². The van der Waals surface area contributed by atoms with Crippen molar-refractivity contribution in [2.75, 3.05) is 33.8 Å². The number of rotatable bonds is 14. The summed E-state index contributed by atoms with van der Waals surface area (Å²) in [7, 11) is 4.19. The second-order valence-electron chi connectivity index (χ2n) is 10.7. The predicted molar refractivity (Wildman–Crippen MR) is 165 cm³/mol. The largest absolute Gasteiger partial charge is 0.495 e. The van der Waals surface area contributed by atoms with Crippen LogP contribution in [0.1, 0.15) is 58.8 Å². The van der Waals surface area contributed by atoms with E-state index in [1.807, 2.05) is 6.07 Å². The van der Waals surface area contributed by atoms with Crippen LogP contribution in [0.3, 0.4) is 0 Å². The first-order valence-electron chi connectivity index (χ1n) is 13.9. The lowest BCUT2D eigenvalue weighted by atomic mass is 9.90. The zero-order chi connectivity index (χ0) is 31.0. The van der Waals surface area contributed by atoms with E-state index >= 15 is 0 Å². The summed E-state index contributed by atoms with van der Waals surface area (Å²) >= 11 is 0. The van der Waals surface area contributed by atoms with Crippen LogP contribution in [0.15, 0.2) is 30.9 Å². The molecule has 0 aromatic heterocycles. The van der Waals surface area contributed by atoms with Crippen molar-refractivity contribution in [3.8, 4) is 34.1 Å². The monoisotopic (exact) mass is 589 g/mol. The molecule has 0 radical (unpaired) electrons. The lowest BCUT2D eigenvalue weighted by molar-refractivity contribution is 0.0635. The van der Waals surface area contributed by atoms with E-state index in [0.717, 1.165) is 23.7 Å². The number of aliphatic hydroxyl groups is 1. The lowest BCUT2D eigenvalue weighted by Gasteiger charge is -2.29. The first kappa shape index (κ1) is 34.0. The van der Waals surface area contributed by atoms with Crippen LogP contribution >= 0.6 is 0 Å². The number of nitrogens with one attached hydrogen (secondary N) is 1. The molecule has 0 saturated carbocycles. The van der Waals surface area contributed by atoms with Gasteiger partial charge in [-0.3, -0.25) is 5.32 Å². The van der Waals surface area contributed by atoms with E-state index in [4.69, 9.17) is 28.1 Å². The molecule has 0 aliphatic carbocycles. The van der Waals surface area contributed by atoms with Crippen LogP contribution < -0.4 is 24.3 Å². The maximum Gasteiger partial charge on any atom is 0.412 e. The van der Waals surface area contributed by atoms with Gasteiger partial charge in [0.2, 0.25) is 5.75 Å². The summed E-state index contributed by atoms with van der Waals surface area (Å²) < 4.78 is 35.1. The minimum atomic E-state index is -1.97. The Labute approximate surface area is 245 Å². The quantitative estimate of drug-likeness (QED) is 0.173. The summed E-state index contributed by atoms with van der Waals surface area (Å²) in [6.45, 7) is 16.0. The van der Waals surface area contributed by atoms with Gasteiger partial charge in [-0.05, 0) is 73.8 Å². The van der Waals surface area contributed by atoms with Gasteiger partial charge in [-0.1, -0.05) is 26.8 Å². The van der Waals surface area contributed by atoms with Crippen molar-refractivity contribution in [1.29, 1.82) is 0 Å². The van der Waals surface area contributed by atoms with Crippen LogP contribution in [0.25, 0.3) is 11.1 Å². The van der Waals surface area contributed by atoms with Crippen molar-refractivity contribution in [3.05, 3.63) is 42.0 Å². The molecule has 10 heteroatoms. The van der Waals surface area contributed by atoms with Gasteiger partial charge in [0.25, 0.3) is 0 Å². The van der Waals surface area contributed by atoms with Crippen molar-refractivity contribution in [2.45, 2.75) is 78.0 Å². The molecule has 2 aromatic rings. The summed E-state index contributed by atoms with van der Waals surface area (Å²) in [5.74, 6) is 1.65. The van der Waals surface area contributed by atoms with Crippen LogP contribution in [-0.2, 0) is 15.8 Å². The van der Waals surface area contributed by atoms with Gasteiger partial charge in [0, 0.05) is 5.56 Å². The summed E-state index contributed by atoms with van der Waals surface area (Å²) in [5, 5.41) is 13.9. The summed E-state index contributed by atoms with van der Waals surface area (Å²) in [5.41, 5.74) is 2.12. The van der Waals surface area contributed by atoms with Crippen LogP contribution in [0.4, 0.5) is 10.5 Å². The highest BCUT2D eigenvalue weighted by molar-refractivity contribution is 6.73. The third-order valence-corrected chi connectivity index (χ3v) is 11.8. The van der Waals surface area contributed by atoms with Gasteiger partial charge in [-0.25, -0.2) is 4.79 Å². The summed E-state index contributed by atoms with van der Waals surface area (Å²) in [4.78, 5) is 12.6. The highest BCUT2D eigenvalue weighted by Crippen LogP contribution is 2.50. The molecule has 0 aliphatic heterocycles. The standard InChI is InChI=1S/C31H47NO8Si/c1-12-24(33)21-17-23(32-30(34)40-31(5,6)7)25(35-8)18-22(21)27-20(19-39-41(13-2,14-3)15-4)16-26(36-9)28(37-10)29(27)38-11/h12,16-18,24,33H,1,13-15,19H2,2-11H3,(H,32,34). The number of methoxy groups -OCH3 is 4. The molecule has 41 heavy (non-hydrogen) atoms. The Bertz CT molecular complexity index is 1200. The number of anilines is 1. The van der Waals surface area contributed by atoms with Crippen LogP contribution in [0.5, 0.6) is 23.0 Å². The van der Waals surface area contributed by atoms with Crippen LogP contribution in [0, 0.1) is 0 Å². The third kappa shape index (κ3) is 7.96. The fourth-order valence-electron chi connectivity index (χ4n) is 4.77. The second kappa shape index (κ2) is 14.6. The molecular weight excluding hydrogens is 542 g/mol. The highest BCUT2D eigenvalue weighted by Gasteiger charge is 2.31. The fraction of sp³-hybridized carbons (Fsp3) is 0.516. The molecule has 228 valence electrons. The average molecular weight is 590 g/mol. The van der Waals surface area contributed by atoms with Crippen LogP contribution in [-0.4, -0.2) is 53.6 Å². The number of hydrogen-bond acceptors (Lipinski definition) is 8. The number of carbonyl (C=O) groups excluding carboxylic acids is 1. The maximum atomic E-state index is 12.6. The smallest absolute Gasteiger partial charge is 0.412 e. The molecule has 2 N–H and O–H groups in total. The Balaban J connectivity index is 2.91. The van der Waals surface area contributed by atoms with E-state index in [-0.39, 0.29) is 0 Å². The van der Waals surface area contributed by atoms with Crippen LogP contribution in [0.2, 0.25) is 18.1 Å². The van der Waals surface area contributed by atoms with Crippen molar-refractivity contribution in [3.63, 3.8) is 0 Å². The van der Waals surface area contributed by atoms with Crippen molar-refractivity contribution < 1.29 is 38.0 Å². The number of aliphatic hydroxyl groups excluding tert-OH is 1. The van der Waals surface area contributed by atoms with Crippen molar-refractivity contribution in [2.24, 2.45) is 0 Å². The molecule has 0 spiro atoms. The van der Waals surface area contributed by atoms with Gasteiger partial charge in [-0.15, -0.1) is 6.58 Å². The Morgan fingerprint density at radius 2 is 1.54 bits per heavy atom. The number of amides is 1. The second-order valence-corrected chi connectivity index (χ2v) is 15.4. The van der Waals surface area contributed by atoms with Gasteiger partial charge in [0.1, 0.15) is 11.4 Å². The summed E-state index contributed by atoms with van der Waals surface area (Å²) in [6.07, 6.45) is -0.327. The maximum absolute atomic E-state index is 12.6. The van der Waals surface area contributed by atoms with E-state index < -0.39 is 26.1 Å².